The molecule has 0 saturated heterocycles. The van der Waals surface area contributed by atoms with Crippen LogP contribution in [0.2, 0.25) is 0 Å². The van der Waals surface area contributed by atoms with Crippen LogP contribution in [0.3, 0.4) is 0 Å². The molecule has 1 fully saturated rings. The fourth-order valence-electron chi connectivity index (χ4n) is 3.56. The minimum atomic E-state index is -0.203. The number of rotatable bonds is 6. The van der Waals surface area contributed by atoms with E-state index >= 15 is 0 Å². The molecule has 3 heteroatoms. The van der Waals surface area contributed by atoms with Gasteiger partial charge in [0.15, 0.2) is 5.78 Å². The van der Waals surface area contributed by atoms with Crippen LogP contribution < -0.4 is 0 Å². The van der Waals surface area contributed by atoms with Crippen molar-refractivity contribution in [2.75, 3.05) is 13.1 Å². The highest BCUT2D eigenvalue weighted by molar-refractivity contribution is 9.10. The van der Waals surface area contributed by atoms with Crippen LogP contribution in [0.5, 0.6) is 0 Å². The molecule has 0 heterocycles. The molecule has 20 heavy (non-hydrogen) atoms. The van der Waals surface area contributed by atoms with Crippen molar-refractivity contribution in [2.24, 2.45) is 0 Å². The van der Waals surface area contributed by atoms with E-state index in [4.69, 9.17) is 0 Å². The van der Waals surface area contributed by atoms with Crippen LogP contribution in [0, 0.1) is 0 Å². The normalized spacial score (nSPS) is 17.6. The Kier molecular flexibility index (Phi) is 5.39. The molecule has 0 amide bonds. The van der Waals surface area contributed by atoms with E-state index in [0.717, 1.165) is 36.0 Å². The third-order valence-electron chi connectivity index (χ3n) is 4.57. The van der Waals surface area contributed by atoms with Crippen LogP contribution >= 0.6 is 15.9 Å². The first-order chi connectivity index (χ1) is 9.62. The van der Waals surface area contributed by atoms with Crippen molar-refractivity contribution >= 4 is 21.7 Å². The minimum Gasteiger partial charge on any atom is -0.297 e. The van der Waals surface area contributed by atoms with Gasteiger partial charge in [-0.15, -0.1) is 0 Å². The van der Waals surface area contributed by atoms with Crippen LogP contribution in [-0.4, -0.2) is 29.3 Å². The second-order valence-electron chi connectivity index (χ2n) is 5.64. The molecule has 2 nitrogen and oxygen atoms in total. The first kappa shape index (κ1) is 15.7. The first-order valence-electron chi connectivity index (χ1n) is 7.65. The molecule has 1 aromatic carbocycles. The van der Waals surface area contributed by atoms with Gasteiger partial charge in [-0.2, -0.15) is 0 Å². The lowest BCUT2D eigenvalue weighted by Gasteiger charge is -2.39. The highest BCUT2D eigenvalue weighted by Gasteiger charge is 2.44. The van der Waals surface area contributed by atoms with Gasteiger partial charge in [0, 0.05) is 10.9 Å². The quantitative estimate of drug-likeness (QED) is 0.774. The highest BCUT2D eigenvalue weighted by atomic mass is 79.9. The van der Waals surface area contributed by atoms with Crippen molar-refractivity contribution in [2.45, 2.75) is 51.5 Å². The number of ketones is 1. The summed E-state index contributed by atoms with van der Waals surface area (Å²) in [5, 5.41) is 0. The summed E-state index contributed by atoms with van der Waals surface area (Å²) in [7, 11) is 0. The molecule has 0 N–H and O–H groups in total. The lowest BCUT2D eigenvalue weighted by molar-refractivity contribution is -0.130. The number of benzene rings is 1. The molecule has 2 rings (SSSR count). The minimum absolute atomic E-state index is 0.203. The second kappa shape index (κ2) is 6.86. The molecule has 0 unspecified atom stereocenters. The van der Waals surface area contributed by atoms with Crippen molar-refractivity contribution in [1.29, 1.82) is 0 Å². The van der Waals surface area contributed by atoms with Crippen molar-refractivity contribution in [3.05, 3.63) is 34.3 Å². The Morgan fingerprint density at radius 3 is 2.45 bits per heavy atom. The Hall–Kier alpha value is -0.670. The number of carbonyl (C=O) groups excluding carboxylic acids is 1. The lowest BCUT2D eigenvalue weighted by atomic mass is 9.86. The Morgan fingerprint density at radius 2 is 1.90 bits per heavy atom. The van der Waals surface area contributed by atoms with Crippen LogP contribution in [0.15, 0.2) is 28.7 Å². The number of hydrogen-bond acceptors (Lipinski definition) is 2. The van der Waals surface area contributed by atoms with Crippen molar-refractivity contribution < 1.29 is 4.79 Å². The topological polar surface area (TPSA) is 20.3 Å². The summed E-state index contributed by atoms with van der Waals surface area (Å²) in [5.41, 5.74) is 0.911. The zero-order valence-electron chi connectivity index (χ0n) is 12.5. The van der Waals surface area contributed by atoms with Crippen LogP contribution in [0.1, 0.15) is 45.1 Å². The van der Waals surface area contributed by atoms with Gasteiger partial charge in [0.2, 0.25) is 0 Å². The third kappa shape index (κ3) is 3.15. The molecule has 0 aliphatic heterocycles. The number of hydrogen-bond donors (Lipinski definition) is 0. The maximum atomic E-state index is 13.0. The summed E-state index contributed by atoms with van der Waals surface area (Å²) < 4.78 is 1.05. The monoisotopic (exact) mass is 337 g/mol. The van der Waals surface area contributed by atoms with Crippen molar-refractivity contribution in [3.63, 3.8) is 0 Å². The van der Waals surface area contributed by atoms with Gasteiger partial charge < -0.3 is 0 Å². The summed E-state index contributed by atoms with van der Waals surface area (Å²) in [4.78, 5) is 15.3. The SMILES string of the molecule is CCN(CC)C1(C(=O)Cc2cccc(Br)c2)CCCC1. The highest BCUT2D eigenvalue weighted by Crippen LogP contribution is 2.37. The molecule has 1 aliphatic rings. The number of carbonyl (C=O) groups is 1. The number of nitrogens with zero attached hydrogens (tertiary/aromatic N) is 1. The van der Waals surface area contributed by atoms with Gasteiger partial charge >= 0.3 is 0 Å². The molecule has 1 aromatic rings. The lowest BCUT2D eigenvalue weighted by Crippen LogP contribution is -2.53. The van der Waals surface area contributed by atoms with E-state index in [1.54, 1.807) is 0 Å². The van der Waals surface area contributed by atoms with E-state index < -0.39 is 0 Å². The van der Waals surface area contributed by atoms with Crippen LogP contribution in [0.4, 0.5) is 0 Å². The van der Waals surface area contributed by atoms with Gasteiger partial charge in [0.05, 0.1) is 5.54 Å². The summed E-state index contributed by atoms with van der Waals surface area (Å²) in [6, 6.07) is 8.12. The Bertz CT molecular complexity index is 462. The van der Waals surface area contributed by atoms with E-state index in [9.17, 15) is 4.79 Å². The van der Waals surface area contributed by atoms with Crippen LogP contribution in [-0.2, 0) is 11.2 Å². The maximum absolute atomic E-state index is 13.0. The van der Waals surface area contributed by atoms with Crippen molar-refractivity contribution in [3.8, 4) is 0 Å². The zero-order valence-corrected chi connectivity index (χ0v) is 14.1. The van der Waals surface area contributed by atoms with Crippen LogP contribution in [0.25, 0.3) is 0 Å². The summed E-state index contributed by atoms with van der Waals surface area (Å²) in [6.45, 7) is 6.24. The molecule has 110 valence electrons. The Labute approximate surface area is 130 Å². The van der Waals surface area contributed by atoms with Gasteiger partial charge in [0.25, 0.3) is 0 Å². The molecule has 0 aromatic heterocycles. The molecular weight excluding hydrogens is 314 g/mol. The molecule has 1 aliphatic carbocycles. The Balaban J connectivity index is 2.19. The van der Waals surface area contributed by atoms with E-state index in [0.29, 0.717) is 12.2 Å². The molecular formula is C17H24BrNO. The standard InChI is InChI=1S/C17H24BrNO/c1-3-19(4-2)17(10-5-6-11-17)16(20)13-14-8-7-9-15(18)12-14/h7-9,12H,3-6,10-11,13H2,1-2H3. The molecule has 0 bridgehead atoms. The van der Waals surface area contributed by atoms with E-state index in [1.165, 1.54) is 12.8 Å². The average Bonchev–Trinajstić information content (AvgIpc) is 2.91. The second-order valence-corrected chi connectivity index (χ2v) is 6.56. The Morgan fingerprint density at radius 1 is 1.25 bits per heavy atom. The van der Waals surface area contributed by atoms with Gasteiger partial charge in [-0.25, -0.2) is 0 Å². The largest absolute Gasteiger partial charge is 0.297 e. The first-order valence-corrected chi connectivity index (χ1v) is 8.44. The molecule has 0 spiro atoms. The zero-order chi connectivity index (χ0) is 14.6. The number of likely N-dealkylation sites (N-methyl/N-ethyl adjacent to an activating group) is 1. The smallest absolute Gasteiger partial charge is 0.157 e. The van der Waals surface area contributed by atoms with E-state index in [2.05, 4.69) is 40.7 Å². The van der Waals surface area contributed by atoms with Gasteiger partial charge in [-0.1, -0.05) is 54.8 Å². The maximum Gasteiger partial charge on any atom is 0.157 e. The fourth-order valence-corrected chi connectivity index (χ4v) is 4.00. The molecule has 0 atom stereocenters. The number of halogens is 1. The van der Waals surface area contributed by atoms with Gasteiger partial charge in [-0.05, 0) is 43.6 Å². The van der Waals surface area contributed by atoms with E-state index in [-0.39, 0.29) is 5.54 Å². The fraction of sp³-hybridized carbons (Fsp3) is 0.588. The van der Waals surface area contributed by atoms with Crippen molar-refractivity contribution in [1.82, 2.24) is 4.90 Å². The summed E-state index contributed by atoms with van der Waals surface area (Å²) in [6.07, 6.45) is 4.97. The number of Topliss-reactive ketones (excluding diaryl/α,β-unsaturated/α-hetero) is 1. The van der Waals surface area contributed by atoms with E-state index in [1.807, 2.05) is 18.2 Å². The molecule has 1 saturated carbocycles. The summed E-state index contributed by atoms with van der Waals surface area (Å²) in [5.74, 6) is 0.400. The predicted octanol–water partition coefficient (Wildman–Crippen LogP) is 4.22. The van der Waals surface area contributed by atoms with Gasteiger partial charge in [-0.3, -0.25) is 9.69 Å². The average molecular weight is 338 g/mol. The molecule has 0 radical (unpaired) electrons. The predicted molar refractivity (Wildman–Crippen MR) is 87.0 cm³/mol. The third-order valence-corrected chi connectivity index (χ3v) is 5.07. The summed E-state index contributed by atoms with van der Waals surface area (Å²) >= 11 is 3.48. The van der Waals surface area contributed by atoms with Gasteiger partial charge in [0.1, 0.15) is 0 Å².